The lowest BCUT2D eigenvalue weighted by Gasteiger charge is -2.33. The fourth-order valence-electron chi connectivity index (χ4n) is 2.96. The molecule has 6 nitrogen and oxygen atoms in total. The average molecular weight is 387 g/mol. The smallest absolute Gasteiger partial charge is 0.308 e. The fraction of sp³-hybridized carbons (Fsp3) is 0.294. The minimum absolute atomic E-state index is 0.00883. The van der Waals surface area contributed by atoms with Gasteiger partial charge in [0, 0.05) is 16.2 Å². The molecule has 0 saturated heterocycles. The van der Waals surface area contributed by atoms with E-state index >= 15 is 0 Å². The van der Waals surface area contributed by atoms with E-state index in [1.165, 1.54) is 7.11 Å². The van der Waals surface area contributed by atoms with E-state index in [-0.39, 0.29) is 17.9 Å². The van der Waals surface area contributed by atoms with E-state index in [1.807, 2.05) is 29.1 Å². The van der Waals surface area contributed by atoms with Crippen LogP contribution in [0.25, 0.3) is 22.3 Å². The van der Waals surface area contributed by atoms with E-state index in [2.05, 4.69) is 31.0 Å². The Hall–Kier alpha value is -2.28. The lowest BCUT2D eigenvalue weighted by Crippen LogP contribution is -2.33. The predicted octanol–water partition coefficient (Wildman–Crippen LogP) is 3.38. The van der Waals surface area contributed by atoms with Crippen molar-refractivity contribution in [2.24, 2.45) is 5.92 Å². The highest BCUT2D eigenvalue weighted by Crippen LogP contribution is 2.38. The normalized spacial score (nSPS) is 19.9. The molecule has 1 saturated carbocycles. The molecule has 2 aromatic heterocycles. The van der Waals surface area contributed by atoms with Crippen LogP contribution < -0.4 is 0 Å². The Morgan fingerprint density at radius 2 is 2.12 bits per heavy atom. The maximum atomic E-state index is 11.5. The molecule has 122 valence electrons. The molecule has 1 aromatic carbocycles. The van der Waals surface area contributed by atoms with Gasteiger partial charge in [-0.05, 0) is 31.0 Å². The molecule has 0 bridgehead atoms. The Balaban J connectivity index is 1.56. The number of esters is 1. The van der Waals surface area contributed by atoms with Crippen LogP contribution in [-0.4, -0.2) is 32.8 Å². The lowest BCUT2D eigenvalue weighted by atomic mass is 9.80. The van der Waals surface area contributed by atoms with Crippen molar-refractivity contribution < 1.29 is 9.53 Å². The molecule has 24 heavy (non-hydrogen) atoms. The van der Waals surface area contributed by atoms with Crippen molar-refractivity contribution in [2.45, 2.75) is 18.9 Å². The van der Waals surface area contributed by atoms with Crippen molar-refractivity contribution in [2.75, 3.05) is 7.11 Å². The van der Waals surface area contributed by atoms with Gasteiger partial charge in [0.15, 0.2) is 0 Å². The zero-order valence-corrected chi connectivity index (χ0v) is 14.6. The van der Waals surface area contributed by atoms with E-state index in [1.54, 1.807) is 12.4 Å². The van der Waals surface area contributed by atoms with Crippen LogP contribution in [0.15, 0.2) is 41.3 Å². The Bertz CT molecular complexity index is 918. The summed E-state index contributed by atoms with van der Waals surface area (Å²) in [6.45, 7) is 0. The van der Waals surface area contributed by atoms with Crippen LogP contribution in [-0.2, 0) is 9.53 Å². The van der Waals surface area contributed by atoms with Crippen LogP contribution in [0, 0.1) is 5.92 Å². The second-order valence-electron chi connectivity index (χ2n) is 5.94. The summed E-state index contributed by atoms with van der Waals surface area (Å²) < 4.78 is 7.65. The molecule has 1 aliphatic carbocycles. The number of methoxy groups -OCH3 is 1. The van der Waals surface area contributed by atoms with Crippen LogP contribution in [0.5, 0.6) is 0 Å². The standard InChI is InChI=1S/C17H15BrN4O2/c1-24-17(23)10-4-13(5-10)22-9-11(7-20-22)16-8-19-14-3-2-12(18)6-15(14)21-16/h2-3,6-10,13H,4-5H2,1H3/t10-,13-. The van der Waals surface area contributed by atoms with E-state index in [0.717, 1.165) is 39.6 Å². The molecule has 0 aliphatic heterocycles. The van der Waals surface area contributed by atoms with Crippen molar-refractivity contribution in [3.8, 4) is 11.3 Å². The molecule has 0 atom stereocenters. The number of benzene rings is 1. The van der Waals surface area contributed by atoms with Gasteiger partial charge < -0.3 is 4.74 Å². The summed E-state index contributed by atoms with van der Waals surface area (Å²) in [4.78, 5) is 20.6. The molecule has 0 amide bonds. The first kappa shape index (κ1) is 15.3. The summed E-state index contributed by atoms with van der Waals surface area (Å²) in [7, 11) is 1.43. The molecule has 1 fully saturated rings. The van der Waals surface area contributed by atoms with Crippen molar-refractivity contribution >= 4 is 32.9 Å². The van der Waals surface area contributed by atoms with Gasteiger partial charge in [-0.3, -0.25) is 14.5 Å². The second kappa shape index (κ2) is 5.98. The third-order valence-corrected chi connectivity index (χ3v) is 4.92. The predicted molar refractivity (Wildman–Crippen MR) is 92.2 cm³/mol. The SMILES string of the molecule is COC(=O)[C@H]1C[C@H](n2cc(-c3cnc4ccc(Br)cc4n3)cn2)C1. The van der Waals surface area contributed by atoms with E-state index in [4.69, 9.17) is 4.74 Å². The van der Waals surface area contributed by atoms with Crippen LogP contribution >= 0.6 is 15.9 Å². The number of nitrogens with zero attached hydrogens (tertiary/aromatic N) is 4. The lowest BCUT2D eigenvalue weighted by molar-refractivity contribution is -0.149. The van der Waals surface area contributed by atoms with Crippen LogP contribution in [0.3, 0.4) is 0 Å². The Morgan fingerprint density at radius 1 is 1.29 bits per heavy atom. The van der Waals surface area contributed by atoms with Gasteiger partial charge in [-0.2, -0.15) is 5.10 Å². The van der Waals surface area contributed by atoms with Gasteiger partial charge in [-0.15, -0.1) is 0 Å². The van der Waals surface area contributed by atoms with Crippen LogP contribution in [0.2, 0.25) is 0 Å². The number of fused-ring (bicyclic) bond motifs is 1. The molecule has 1 aliphatic rings. The maximum absolute atomic E-state index is 11.5. The summed E-state index contributed by atoms with van der Waals surface area (Å²) in [6.07, 6.45) is 7.05. The number of hydrogen-bond acceptors (Lipinski definition) is 5. The molecule has 2 heterocycles. The monoisotopic (exact) mass is 386 g/mol. The van der Waals surface area contributed by atoms with Crippen LogP contribution in [0.4, 0.5) is 0 Å². The highest BCUT2D eigenvalue weighted by molar-refractivity contribution is 9.10. The van der Waals surface area contributed by atoms with Gasteiger partial charge in [0.2, 0.25) is 0 Å². The Kier molecular flexibility index (Phi) is 3.80. The topological polar surface area (TPSA) is 69.9 Å². The molecule has 0 spiro atoms. The van der Waals surface area contributed by atoms with Gasteiger partial charge in [-0.25, -0.2) is 4.98 Å². The number of carbonyl (C=O) groups is 1. The summed E-state index contributed by atoms with van der Waals surface area (Å²) in [6, 6.07) is 6.07. The number of aromatic nitrogens is 4. The number of hydrogen-bond donors (Lipinski definition) is 0. The molecule has 7 heteroatoms. The highest BCUT2D eigenvalue weighted by Gasteiger charge is 2.36. The first-order valence-electron chi connectivity index (χ1n) is 7.68. The summed E-state index contributed by atoms with van der Waals surface area (Å²) in [5, 5.41) is 4.42. The molecule has 4 rings (SSSR count). The van der Waals surface area contributed by atoms with E-state index < -0.39 is 0 Å². The molecule has 0 N–H and O–H groups in total. The van der Waals surface area contributed by atoms with Crippen molar-refractivity contribution in [3.05, 3.63) is 41.3 Å². The second-order valence-corrected chi connectivity index (χ2v) is 6.86. The average Bonchev–Trinajstić information content (AvgIpc) is 3.02. The first-order chi connectivity index (χ1) is 11.6. The highest BCUT2D eigenvalue weighted by atomic mass is 79.9. The summed E-state index contributed by atoms with van der Waals surface area (Å²) >= 11 is 3.45. The van der Waals surface area contributed by atoms with Gasteiger partial charge in [0.25, 0.3) is 0 Å². The van der Waals surface area contributed by atoms with Gasteiger partial charge in [-0.1, -0.05) is 15.9 Å². The molecule has 0 radical (unpaired) electrons. The van der Waals surface area contributed by atoms with Gasteiger partial charge in [0.1, 0.15) is 0 Å². The van der Waals surface area contributed by atoms with E-state index in [9.17, 15) is 4.79 Å². The minimum Gasteiger partial charge on any atom is -0.469 e. The van der Waals surface area contributed by atoms with Crippen molar-refractivity contribution in [1.82, 2.24) is 19.7 Å². The largest absolute Gasteiger partial charge is 0.469 e. The van der Waals surface area contributed by atoms with Gasteiger partial charge >= 0.3 is 5.97 Å². The molecular weight excluding hydrogens is 372 g/mol. The third kappa shape index (κ3) is 2.69. The fourth-order valence-corrected chi connectivity index (χ4v) is 3.31. The van der Waals surface area contributed by atoms with Crippen molar-refractivity contribution in [1.29, 1.82) is 0 Å². The number of rotatable bonds is 3. The van der Waals surface area contributed by atoms with Crippen LogP contribution in [0.1, 0.15) is 18.9 Å². The first-order valence-corrected chi connectivity index (χ1v) is 8.48. The number of halogens is 1. The Labute approximate surface area is 147 Å². The number of ether oxygens (including phenoxy) is 1. The molecule has 0 unspecified atom stereocenters. The number of carbonyl (C=O) groups excluding carboxylic acids is 1. The van der Waals surface area contributed by atoms with Crippen molar-refractivity contribution in [3.63, 3.8) is 0 Å². The zero-order valence-electron chi connectivity index (χ0n) is 13.0. The van der Waals surface area contributed by atoms with E-state index in [0.29, 0.717) is 0 Å². The summed E-state index contributed by atoms with van der Waals surface area (Å²) in [5.74, 6) is -0.143. The summed E-state index contributed by atoms with van der Waals surface area (Å²) in [5.41, 5.74) is 3.40. The quantitative estimate of drug-likeness (QED) is 0.645. The molecular formula is C17H15BrN4O2. The van der Waals surface area contributed by atoms with Gasteiger partial charge in [0.05, 0.1) is 48.2 Å². The maximum Gasteiger partial charge on any atom is 0.308 e. The minimum atomic E-state index is -0.135. The third-order valence-electron chi connectivity index (χ3n) is 4.42. The zero-order chi connectivity index (χ0) is 16.7. The Morgan fingerprint density at radius 3 is 2.92 bits per heavy atom. The molecule has 3 aromatic rings.